The summed E-state index contributed by atoms with van der Waals surface area (Å²) in [6, 6.07) is 9.83. The van der Waals surface area contributed by atoms with Crippen LogP contribution in [-0.4, -0.2) is 57.6 Å². The Morgan fingerprint density at radius 2 is 1.48 bits per heavy atom. The molecule has 0 aliphatic carbocycles. The van der Waals surface area contributed by atoms with Crippen LogP contribution in [0.25, 0.3) is 5.69 Å². The second-order valence-electron chi connectivity index (χ2n) is 8.13. The molecule has 144 valence electrons. The van der Waals surface area contributed by atoms with E-state index in [4.69, 9.17) is 0 Å². The van der Waals surface area contributed by atoms with Gasteiger partial charge in [0.25, 0.3) is 5.91 Å². The van der Waals surface area contributed by atoms with Gasteiger partial charge < -0.3 is 9.80 Å². The third-order valence-corrected chi connectivity index (χ3v) is 5.00. The van der Waals surface area contributed by atoms with Gasteiger partial charge in [0.2, 0.25) is 5.91 Å². The summed E-state index contributed by atoms with van der Waals surface area (Å²) in [5.41, 5.74) is 2.79. The van der Waals surface area contributed by atoms with Crippen LogP contribution in [0.4, 0.5) is 0 Å². The number of aryl methyl sites for hydroxylation is 1. The lowest BCUT2D eigenvalue weighted by Crippen LogP contribution is -2.53. The quantitative estimate of drug-likeness (QED) is 0.819. The molecule has 0 unspecified atom stereocenters. The lowest BCUT2D eigenvalue weighted by molar-refractivity contribution is -0.140. The molecule has 1 aromatic carbocycles. The number of benzene rings is 1. The van der Waals surface area contributed by atoms with E-state index in [1.807, 2.05) is 79.4 Å². The van der Waals surface area contributed by atoms with Crippen LogP contribution in [0.3, 0.4) is 0 Å². The van der Waals surface area contributed by atoms with Gasteiger partial charge in [-0.2, -0.15) is 5.10 Å². The van der Waals surface area contributed by atoms with E-state index in [-0.39, 0.29) is 11.8 Å². The molecule has 1 aliphatic heterocycles. The van der Waals surface area contributed by atoms with Crippen molar-refractivity contribution in [2.24, 2.45) is 5.41 Å². The fraction of sp³-hybridized carbons (Fsp3) is 0.476. The summed E-state index contributed by atoms with van der Waals surface area (Å²) in [7, 11) is 0. The third kappa shape index (κ3) is 3.75. The van der Waals surface area contributed by atoms with Crippen molar-refractivity contribution in [2.45, 2.75) is 34.6 Å². The molecule has 0 radical (unpaired) electrons. The van der Waals surface area contributed by atoms with Crippen molar-refractivity contribution in [1.29, 1.82) is 0 Å². The highest BCUT2D eigenvalue weighted by Gasteiger charge is 2.32. The van der Waals surface area contributed by atoms with Crippen LogP contribution in [-0.2, 0) is 4.79 Å². The van der Waals surface area contributed by atoms with Gasteiger partial charge in [0, 0.05) is 31.6 Å². The summed E-state index contributed by atoms with van der Waals surface area (Å²) in [4.78, 5) is 29.3. The molecule has 3 rings (SSSR count). The fourth-order valence-corrected chi connectivity index (χ4v) is 3.52. The highest BCUT2D eigenvalue weighted by molar-refractivity contribution is 5.96. The SMILES string of the molecule is Cc1nn(-c2ccccc2)c(C)c1C(=O)N1CCN(C(=O)C(C)(C)C)CC1. The van der Waals surface area contributed by atoms with Crippen molar-refractivity contribution < 1.29 is 9.59 Å². The van der Waals surface area contributed by atoms with Gasteiger partial charge in [-0.3, -0.25) is 9.59 Å². The Balaban J connectivity index is 1.76. The second-order valence-corrected chi connectivity index (χ2v) is 8.13. The second kappa shape index (κ2) is 7.18. The Labute approximate surface area is 160 Å². The van der Waals surface area contributed by atoms with E-state index in [2.05, 4.69) is 5.10 Å². The molecule has 1 aliphatic rings. The number of para-hydroxylation sites is 1. The van der Waals surface area contributed by atoms with Gasteiger partial charge >= 0.3 is 0 Å². The molecule has 2 aromatic rings. The van der Waals surface area contributed by atoms with Gasteiger partial charge in [0.05, 0.1) is 22.6 Å². The van der Waals surface area contributed by atoms with E-state index in [9.17, 15) is 9.59 Å². The summed E-state index contributed by atoms with van der Waals surface area (Å²) in [5, 5.41) is 4.58. The highest BCUT2D eigenvalue weighted by atomic mass is 16.2. The lowest BCUT2D eigenvalue weighted by atomic mass is 9.94. The molecule has 0 spiro atoms. The van der Waals surface area contributed by atoms with Gasteiger partial charge in [-0.1, -0.05) is 39.0 Å². The number of nitrogens with zero attached hydrogens (tertiary/aromatic N) is 4. The van der Waals surface area contributed by atoms with E-state index in [1.165, 1.54) is 0 Å². The number of hydrogen-bond acceptors (Lipinski definition) is 3. The average Bonchev–Trinajstić information content (AvgIpc) is 2.95. The Morgan fingerprint density at radius 3 is 2.04 bits per heavy atom. The molecule has 0 N–H and O–H groups in total. The number of aromatic nitrogens is 2. The van der Waals surface area contributed by atoms with Crippen molar-refractivity contribution in [3.05, 3.63) is 47.3 Å². The van der Waals surface area contributed by atoms with Crippen LogP contribution in [0, 0.1) is 19.3 Å². The number of piperazine rings is 1. The van der Waals surface area contributed by atoms with E-state index < -0.39 is 5.41 Å². The smallest absolute Gasteiger partial charge is 0.257 e. The van der Waals surface area contributed by atoms with Crippen molar-refractivity contribution in [2.75, 3.05) is 26.2 Å². The summed E-state index contributed by atoms with van der Waals surface area (Å²) in [6.07, 6.45) is 0. The summed E-state index contributed by atoms with van der Waals surface area (Å²) >= 11 is 0. The Kier molecular flexibility index (Phi) is 5.09. The predicted octanol–water partition coefficient (Wildman–Crippen LogP) is 2.82. The minimum Gasteiger partial charge on any atom is -0.339 e. The summed E-state index contributed by atoms with van der Waals surface area (Å²) < 4.78 is 1.82. The third-order valence-electron chi connectivity index (χ3n) is 5.00. The molecular formula is C21H28N4O2. The zero-order valence-electron chi connectivity index (χ0n) is 16.8. The fourth-order valence-electron chi connectivity index (χ4n) is 3.52. The Morgan fingerprint density at radius 1 is 0.926 bits per heavy atom. The van der Waals surface area contributed by atoms with Gasteiger partial charge in [-0.05, 0) is 26.0 Å². The van der Waals surface area contributed by atoms with Crippen LogP contribution in [0.1, 0.15) is 42.5 Å². The van der Waals surface area contributed by atoms with Crippen LogP contribution in [0.15, 0.2) is 30.3 Å². The molecule has 1 fully saturated rings. The monoisotopic (exact) mass is 368 g/mol. The molecule has 0 atom stereocenters. The molecule has 0 saturated carbocycles. The zero-order chi connectivity index (χ0) is 19.8. The van der Waals surface area contributed by atoms with Crippen molar-refractivity contribution in [1.82, 2.24) is 19.6 Å². The first kappa shape index (κ1) is 19.1. The number of carbonyl (C=O) groups excluding carboxylic acids is 2. The summed E-state index contributed by atoms with van der Waals surface area (Å²) in [5.74, 6) is 0.133. The van der Waals surface area contributed by atoms with E-state index in [1.54, 1.807) is 0 Å². The number of rotatable bonds is 2. The van der Waals surface area contributed by atoms with Gasteiger partial charge in [-0.15, -0.1) is 0 Å². The zero-order valence-corrected chi connectivity index (χ0v) is 16.8. The average molecular weight is 368 g/mol. The molecule has 0 bridgehead atoms. The number of hydrogen-bond donors (Lipinski definition) is 0. The van der Waals surface area contributed by atoms with E-state index >= 15 is 0 Å². The van der Waals surface area contributed by atoms with E-state index in [0.717, 1.165) is 17.1 Å². The lowest BCUT2D eigenvalue weighted by Gasteiger charge is -2.37. The predicted molar refractivity (Wildman–Crippen MR) is 105 cm³/mol. The molecule has 2 amide bonds. The molecule has 6 heteroatoms. The van der Waals surface area contributed by atoms with Gasteiger partial charge in [0.15, 0.2) is 0 Å². The van der Waals surface area contributed by atoms with Crippen LogP contribution < -0.4 is 0 Å². The molecular weight excluding hydrogens is 340 g/mol. The maximum absolute atomic E-state index is 13.1. The Bertz CT molecular complexity index is 841. The minimum absolute atomic E-state index is 0.00459. The molecule has 27 heavy (non-hydrogen) atoms. The largest absolute Gasteiger partial charge is 0.339 e. The first-order valence-corrected chi connectivity index (χ1v) is 9.40. The first-order valence-electron chi connectivity index (χ1n) is 9.40. The van der Waals surface area contributed by atoms with Crippen molar-refractivity contribution >= 4 is 11.8 Å². The number of amides is 2. The normalized spacial score (nSPS) is 15.1. The maximum Gasteiger partial charge on any atom is 0.257 e. The molecule has 2 heterocycles. The molecule has 1 aromatic heterocycles. The van der Waals surface area contributed by atoms with Crippen LogP contribution in [0.2, 0.25) is 0 Å². The summed E-state index contributed by atoms with van der Waals surface area (Å²) in [6.45, 7) is 11.8. The maximum atomic E-state index is 13.1. The van der Waals surface area contributed by atoms with Gasteiger partial charge in [0.1, 0.15) is 0 Å². The first-order chi connectivity index (χ1) is 12.7. The van der Waals surface area contributed by atoms with E-state index in [0.29, 0.717) is 31.7 Å². The van der Waals surface area contributed by atoms with Crippen molar-refractivity contribution in [3.8, 4) is 5.69 Å². The number of carbonyl (C=O) groups is 2. The highest BCUT2D eigenvalue weighted by Crippen LogP contribution is 2.22. The molecule has 6 nitrogen and oxygen atoms in total. The van der Waals surface area contributed by atoms with Crippen LogP contribution in [0.5, 0.6) is 0 Å². The minimum atomic E-state index is -0.393. The van der Waals surface area contributed by atoms with Crippen molar-refractivity contribution in [3.63, 3.8) is 0 Å². The Hall–Kier alpha value is -2.63. The van der Waals surface area contributed by atoms with Gasteiger partial charge in [-0.25, -0.2) is 4.68 Å². The molecule has 1 saturated heterocycles. The standard InChI is InChI=1S/C21H28N4O2/c1-15-18(16(2)25(22-15)17-9-7-6-8-10-17)19(26)23-11-13-24(14-12-23)20(27)21(3,4)5/h6-10H,11-14H2,1-5H3. The van der Waals surface area contributed by atoms with Crippen LogP contribution >= 0.6 is 0 Å². The topological polar surface area (TPSA) is 58.4 Å².